The molecule has 0 heterocycles. The average Bonchev–Trinajstić information content (AvgIpc) is 3.16. The van der Waals surface area contributed by atoms with Gasteiger partial charge in [-0.15, -0.1) is 0 Å². The largest absolute Gasteiger partial charge is 0.252 e. The highest BCUT2D eigenvalue weighted by atomic mass is 14.8. The predicted octanol–water partition coefficient (Wildman–Crippen LogP) is 11.9. The third-order valence-corrected chi connectivity index (χ3v) is 8.69. The highest BCUT2D eigenvalue weighted by Gasteiger charge is 2.09. The van der Waals surface area contributed by atoms with Crippen molar-refractivity contribution < 1.29 is 0 Å². The molecule has 0 aliphatic heterocycles. The van der Waals surface area contributed by atoms with Crippen LogP contribution < -0.4 is 10.4 Å². The van der Waals surface area contributed by atoms with E-state index < -0.39 is 0 Å². The summed E-state index contributed by atoms with van der Waals surface area (Å²) in [5, 5.41) is 2.50. The molecule has 250 valence electrons. The minimum Gasteiger partial charge on any atom is -0.252 e. The molecule has 50 heavy (non-hydrogen) atoms. The molecule has 0 aliphatic rings. The molecule has 0 unspecified atom stereocenters. The zero-order chi connectivity index (χ0) is 35.9. The number of aliphatic imine (C=N–C) groups is 1. The normalized spacial score (nSPS) is 14.2. The molecule has 4 rings (SSSR count). The molecule has 0 aromatic heterocycles. The Labute approximate surface area is 300 Å². The van der Waals surface area contributed by atoms with Crippen molar-refractivity contribution in [3.8, 4) is 11.1 Å². The summed E-state index contributed by atoms with van der Waals surface area (Å²) in [5.74, 6) is 0. The minimum atomic E-state index is 0.783. The van der Waals surface area contributed by atoms with E-state index in [0.717, 1.165) is 56.8 Å². The highest BCUT2D eigenvalue weighted by Crippen LogP contribution is 2.27. The van der Waals surface area contributed by atoms with Gasteiger partial charge in [0.1, 0.15) is 0 Å². The molecule has 0 fully saturated rings. The highest BCUT2D eigenvalue weighted by molar-refractivity contribution is 6.00. The van der Waals surface area contributed by atoms with Crippen LogP contribution in [0.4, 0.5) is 0 Å². The zero-order valence-corrected chi connectivity index (χ0v) is 30.3. The molecule has 0 saturated carbocycles. The molecule has 0 N–H and O–H groups in total. The van der Waals surface area contributed by atoms with Gasteiger partial charge in [0.2, 0.25) is 0 Å². The first-order valence-corrected chi connectivity index (χ1v) is 17.3. The van der Waals surface area contributed by atoms with Crippen LogP contribution in [-0.2, 0) is 0 Å². The van der Waals surface area contributed by atoms with Gasteiger partial charge >= 0.3 is 0 Å². The van der Waals surface area contributed by atoms with Gasteiger partial charge in [-0.2, -0.15) is 0 Å². The Kier molecular flexibility index (Phi) is 13.8. The van der Waals surface area contributed by atoms with Gasteiger partial charge in [-0.05, 0) is 118 Å². The lowest BCUT2D eigenvalue weighted by Crippen LogP contribution is -2.26. The fourth-order valence-corrected chi connectivity index (χ4v) is 5.84. The average molecular weight is 652 g/mol. The maximum Gasteiger partial charge on any atom is 0.0711 e. The molecule has 4 aromatic carbocycles. The van der Waals surface area contributed by atoms with Crippen LogP contribution in [0, 0.1) is 0 Å². The first kappa shape index (κ1) is 37.0. The Balaban J connectivity index is 1.86. The van der Waals surface area contributed by atoms with E-state index in [-0.39, 0.29) is 0 Å². The second-order valence-corrected chi connectivity index (χ2v) is 12.0. The summed E-state index contributed by atoms with van der Waals surface area (Å²) in [4.78, 5) is 5.28. The standard InChI is InChI=1S/C49H49N/c1-9-14-22-39(10-2)36(6)31-32-41(12-4)49(33-37(7)43-26-20-28-45(34-43)42-24-16-15-17-25-42)50-38(8)44-27-21-29-46(35-44)47(13-5)48-30-19-18-23-40(48)11-3/h9-12,14-35H,2,4,7,13H2,1,3,5-6,8H3/b14-9-,36-31+,39-22+,40-11-,41-32+,48-47+,49-33-,50-38+. The fraction of sp³-hybridized carbons (Fsp3) is 0.122. The summed E-state index contributed by atoms with van der Waals surface area (Å²) in [6.07, 6.45) is 19.2. The van der Waals surface area contributed by atoms with Crippen molar-refractivity contribution >= 4 is 22.9 Å². The minimum absolute atomic E-state index is 0.783. The van der Waals surface area contributed by atoms with Crippen molar-refractivity contribution in [2.75, 3.05) is 0 Å². The van der Waals surface area contributed by atoms with Gasteiger partial charge in [-0.1, -0.05) is 166 Å². The van der Waals surface area contributed by atoms with Crippen molar-refractivity contribution in [3.63, 3.8) is 0 Å². The second-order valence-electron chi connectivity index (χ2n) is 12.0. The summed E-state index contributed by atoms with van der Waals surface area (Å²) >= 11 is 0. The zero-order valence-electron chi connectivity index (χ0n) is 30.3. The van der Waals surface area contributed by atoms with E-state index in [1.807, 2.05) is 37.3 Å². The van der Waals surface area contributed by atoms with Crippen LogP contribution in [0.5, 0.6) is 0 Å². The molecular formula is C49H49N. The van der Waals surface area contributed by atoms with E-state index in [2.05, 4.69) is 175 Å². The van der Waals surface area contributed by atoms with Crippen LogP contribution in [0.3, 0.4) is 0 Å². The van der Waals surface area contributed by atoms with Gasteiger partial charge in [-0.3, -0.25) is 4.99 Å². The lowest BCUT2D eigenvalue weighted by molar-refractivity contribution is 1.21. The molecule has 0 amide bonds. The first-order chi connectivity index (χ1) is 24.3. The lowest BCUT2D eigenvalue weighted by Gasteiger charge is -2.12. The third-order valence-electron chi connectivity index (χ3n) is 8.69. The predicted molar refractivity (Wildman–Crippen MR) is 221 cm³/mol. The van der Waals surface area contributed by atoms with Crippen molar-refractivity contribution in [3.05, 3.63) is 221 Å². The quantitative estimate of drug-likeness (QED) is 0.101. The number of hydrogen-bond acceptors (Lipinski definition) is 1. The summed E-state index contributed by atoms with van der Waals surface area (Å²) in [6, 6.07) is 36.2. The molecule has 0 saturated heterocycles. The maximum absolute atomic E-state index is 5.28. The van der Waals surface area contributed by atoms with Crippen LogP contribution in [-0.4, -0.2) is 5.71 Å². The second kappa shape index (κ2) is 18.7. The summed E-state index contributed by atoms with van der Waals surface area (Å²) in [5.41, 5.74) is 12.5. The molecule has 0 aliphatic carbocycles. The van der Waals surface area contributed by atoms with E-state index >= 15 is 0 Å². The van der Waals surface area contributed by atoms with Crippen LogP contribution in [0.25, 0.3) is 28.3 Å². The fourth-order valence-electron chi connectivity index (χ4n) is 5.84. The van der Waals surface area contributed by atoms with Crippen molar-refractivity contribution in [2.24, 2.45) is 4.99 Å². The summed E-state index contributed by atoms with van der Waals surface area (Å²) < 4.78 is 0. The monoisotopic (exact) mass is 651 g/mol. The molecule has 0 radical (unpaired) electrons. The number of nitrogens with zero attached hydrogens (tertiary/aromatic N) is 1. The Hall–Kier alpha value is -5.79. The molecule has 0 bridgehead atoms. The van der Waals surface area contributed by atoms with Gasteiger partial charge in [0.05, 0.1) is 5.70 Å². The Morgan fingerprint density at radius 1 is 0.680 bits per heavy atom. The summed E-state index contributed by atoms with van der Waals surface area (Å²) in [6.45, 7) is 23.2. The molecule has 1 heteroatoms. The SMILES string of the molecule is C=CC(=C\C=C(C)\C(C=C)=C\C=C/C)/C(=C/C(=C)c1cccc(-c2ccccc2)c1)/N=C(\C)c1cccc(/C(CC)=c2\cccc\c2=C\C)c1. The van der Waals surface area contributed by atoms with E-state index in [4.69, 9.17) is 4.99 Å². The van der Waals surface area contributed by atoms with Crippen molar-refractivity contribution in [1.29, 1.82) is 0 Å². The number of rotatable bonds is 13. The Morgan fingerprint density at radius 3 is 2.04 bits per heavy atom. The molecule has 0 spiro atoms. The van der Waals surface area contributed by atoms with E-state index in [0.29, 0.717) is 0 Å². The molecule has 0 atom stereocenters. The van der Waals surface area contributed by atoms with Crippen molar-refractivity contribution in [2.45, 2.75) is 41.0 Å². The van der Waals surface area contributed by atoms with Crippen LogP contribution in [0.2, 0.25) is 0 Å². The lowest BCUT2D eigenvalue weighted by atomic mass is 9.96. The van der Waals surface area contributed by atoms with E-state index in [9.17, 15) is 0 Å². The Morgan fingerprint density at radius 2 is 1.34 bits per heavy atom. The van der Waals surface area contributed by atoms with E-state index in [1.54, 1.807) is 0 Å². The van der Waals surface area contributed by atoms with Crippen LogP contribution in [0.15, 0.2) is 199 Å². The molecular weight excluding hydrogens is 603 g/mol. The number of allylic oxidation sites excluding steroid dienone is 11. The van der Waals surface area contributed by atoms with Gasteiger partial charge in [0, 0.05) is 5.71 Å². The van der Waals surface area contributed by atoms with Gasteiger partial charge < -0.3 is 0 Å². The number of hydrogen-bond donors (Lipinski definition) is 0. The smallest absolute Gasteiger partial charge is 0.0711 e. The van der Waals surface area contributed by atoms with Crippen LogP contribution in [0.1, 0.15) is 57.7 Å². The third kappa shape index (κ3) is 9.65. The van der Waals surface area contributed by atoms with Gasteiger partial charge in [0.15, 0.2) is 0 Å². The molecule has 4 aromatic rings. The van der Waals surface area contributed by atoms with Crippen molar-refractivity contribution in [1.82, 2.24) is 0 Å². The van der Waals surface area contributed by atoms with Crippen LogP contribution >= 0.6 is 0 Å². The number of benzene rings is 4. The van der Waals surface area contributed by atoms with E-state index in [1.165, 1.54) is 27.1 Å². The maximum atomic E-state index is 5.28. The Bertz CT molecular complexity index is 2160. The summed E-state index contributed by atoms with van der Waals surface area (Å²) in [7, 11) is 0. The first-order valence-electron chi connectivity index (χ1n) is 17.3. The topological polar surface area (TPSA) is 12.4 Å². The van der Waals surface area contributed by atoms with Gasteiger partial charge in [-0.25, -0.2) is 0 Å². The molecule has 1 nitrogen and oxygen atoms in total. The van der Waals surface area contributed by atoms with Gasteiger partial charge in [0.25, 0.3) is 0 Å².